The second kappa shape index (κ2) is 7.66. The molecule has 3 heteroatoms. The highest BCUT2D eigenvalue weighted by molar-refractivity contribution is 5.67. The predicted octanol–water partition coefficient (Wildman–Crippen LogP) is 2.80. The Morgan fingerprint density at radius 3 is 2.44 bits per heavy atom. The van der Waals surface area contributed by atoms with E-state index in [0.717, 1.165) is 13.0 Å². The van der Waals surface area contributed by atoms with Crippen molar-refractivity contribution >= 4 is 5.97 Å². The normalized spacial score (nSPS) is 20.3. The Morgan fingerprint density at radius 2 is 1.94 bits per heavy atom. The van der Waals surface area contributed by atoms with Crippen molar-refractivity contribution < 1.29 is 9.90 Å². The largest absolute Gasteiger partial charge is 0.481 e. The minimum absolute atomic E-state index is 0.292. The summed E-state index contributed by atoms with van der Waals surface area (Å²) in [7, 11) is 0. The van der Waals surface area contributed by atoms with E-state index in [-0.39, 0.29) is 0 Å². The van der Waals surface area contributed by atoms with Gasteiger partial charge < -0.3 is 10.4 Å². The van der Waals surface area contributed by atoms with Gasteiger partial charge in [0.15, 0.2) is 0 Å². The van der Waals surface area contributed by atoms with Crippen LogP contribution in [0.4, 0.5) is 0 Å². The van der Waals surface area contributed by atoms with Gasteiger partial charge in [-0.15, -0.1) is 0 Å². The van der Waals surface area contributed by atoms with E-state index in [1.807, 2.05) is 0 Å². The fraction of sp³-hybridized carbons (Fsp3) is 0.923. The Morgan fingerprint density at radius 1 is 1.31 bits per heavy atom. The first kappa shape index (κ1) is 13.5. The van der Waals surface area contributed by atoms with Crippen LogP contribution >= 0.6 is 0 Å². The molecule has 0 amide bonds. The van der Waals surface area contributed by atoms with Gasteiger partial charge in [0.25, 0.3) is 0 Å². The van der Waals surface area contributed by atoms with Crippen molar-refractivity contribution in [2.75, 3.05) is 6.54 Å². The number of carboxylic acid groups (broad SMARTS) is 1. The number of aliphatic carboxylic acids is 1. The van der Waals surface area contributed by atoms with E-state index in [0.29, 0.717) is 18.4 Å². The number of carboxylic acids is 1. The second-order valence-corrected chi connectivity index (χ2v) is 4.97. The standard InChI is InChI=1S/C13H25NO2/c1-2-11(9-13(15)16)10-14-12-7-5-3-4-6-8-12/h11-12,14H,2-10H2,1H3,(H,15,16). The summed E-state index contributed by atoms with van der Waals surface area (Å²) in [5.74, 6) is -0.379. The maximum Gasteiger partial charge on any atom is 0.303 e. The molecule has 0 aromatic heterocycles. The molecule has 0 saturated heterocycles. The number of rotatable bonds is 6. The zero-order chi connectivity index (χ0) is 11.8. The number of hydrogen-bond acceptors (Lipinski definition) is 2. The van der Waals surface area contributed by atoms with Crippen molar-refractivity contribution in [2.45, 2.75) is 64.3 Å². The third kappa shape index (κ3) is 5.50. The van der Waals surface area contributed by atoms with Crippen LogP contribution in [0.2, 0.25) is 0 Å². The molecule has 0 spiro atoms. The van der Waals surface area contributed by atoms with E-state index in [1.165, 1.54) is 38.5 Å². The van der Waals surface area contributed by atoms with Crippen LogP contribution in [0, 0.1) is 5.92 Å². The summed E-state index contributed by atoms with van der Waals surface area (Å²) in [6.45, 7) is 2.94. The Kier molecular flexibility index (Phi) is 6.46. The minimum Gasteiger partial charge on any atom is -0.481 e. The van der Waals surface area contributed by atoms with Crippen LogP contribution in [0.1, 0.15) is 58.3 Å². The molecular formula is C13H25NO2. The number of hydrogen-bond donors (Lipinski definition) is 2. The zero-order valence-corrected chi connectivity index (χ0v) is 10.4. The molecule has 1 aliphatic carbocycles. The summed E-state index contributed by atoms with van der Waals surface area (Å²) in [5.41, 5.74) is 0. The van der Waals surface area contributed by atoms with Gasteiger partial charge in [-0.1, -0.05) is 39.0 Å². The SMILES string of the molecule is CCC(CNC1CCCCCC1)CC(=O)O. The monoisotopic (exact) mass is 227 g/mol. The molecule has 94 valence electrons. The van der Waals surface area contributed by atoms with Crippen LogP contribution in [0.25, 0.3) is 0 Å². The van der Waals surface area contributed by atoms with E-state index in [9.17, 15) is 4.79 Å². The molecule has 0 aromatic carbocycles. The molecule has 1 atom stereocenters. The summed E-state index contributed by atoms with van der Waals surface area (Å²) in [5, 5.41) is 12.3. The lowest BCUT2D eigenvalue weighted by Crippen LogP contribution is -2.33. The average Bonchev–Trinajstić information content (AvgIpc) is 2.52. The Hall–Kier alpha value is -0.570. The molecule has 2 N–H and O–H groups in total. The van der Waals surface area contributed by atoms with E-state index >= 15 is 0 Å². The van der Waals surface area contributed by atoms with Crippen LogP contribution in [-0.4, -0.2) is 23.7 Å². The van der Waals surface area contributed by atoms with Gasteiger partial charge in [-0.3, -0.25) is 4.79 Å². The third-order valence-corrected chi connectivity index (χ3v) is 3.59. The van der Waals surface area contributed by atoms with Crippen molar-refractivity contribution in [1.29, 1.82) is 0 Å². The molecule has 0 radical (unpaired) electrons. The molecule has 1 unspecified atom stereocenters. The van der Waals surface area contributed by atoms with Gasteiger partial charge in [-0.2, -0.15) is 0 Å². The van der Waals surface area contributed by atoms with Crippen molar-refractivity contribution in [2.24, 2.45) is 5.92 Å². The lowest BCUT2D eigenvalue weighted by Gasteiger charge is -2.20. The number of nitrogens with one attached hydrogen (secondary N) is 1. The molecule has 0 bridgehead atoms. The van der Waals surface area contributed by atoms with Crippen molar-refractivity contribution in [3.05, 3.63) is 0 Å². The van der Waals surface area contributed by atoms with Gasteiger partial charge >= 0.3 is 5.97 Å². The summed E-state index contributed by atoms with van der Waals surface area (Å²) in [4.78, 5) is 10.6. The van der Waals surface area contributed by atoms with E-state index in [2.05, 4.69) is 12.2 Å². The summed E-state index contributed by atoms with van der Waals surface area (Å²) in [6.07, 6.45) is 9.17. The highest BCUT2D eigenvalue weighted by Gasteiger charge is 2.15. The van der Waals surface area contributed by atoms with Crippen molar-refractivity contribution in [3.8, 4) is 0 Å². The molecule has 3 nitrogen and oxygen atoms in total. The van der Waals surface area contributed by atoms with E-state index in [1.54, 1.807) is 0 Å². The quantitative estimate of drug-likeness (QED) is 0.686. The highest BCUT2D eigenvalue weighted by Crippen LogP contribution is 2.18. The van der Waals surface area contributed by atoms with Gasteiger partial charge in [-0.25, -0.2) is 0 Å². The summed E-state index contributed by atoms with van der Waals surface area (Å²) >= 11 is 0. The van der Waals surface area contributed by atoms with Gasteiger partial charge in [0, 0.05) is 12.5 Å². The minimum atomic E-state index is -0.672. The van der Waals surface area contributed by atoms with Crippen LogP contribution in [0.15, 0.2) is 0 Å². The zero-order valence-electron chi connectivity index (χ0n) is 10.4. The molecule has 0 aromatic rings. The van der Waals surface area contributed by atoms with Gasteiger partial charge in [0.05, 0.1) is 0 Å². The molecule has 0 heterocycles. The third-order valence-electron chi connectivity index (χ3n) is 3.59. The molecule has 1 aliphatic rings. The maximum atomic E-state index is 10.6. The van der Waals surface area contributed by atoms with E-state index < -0.39 is 5.97 Å². The fourth-order valence-electron chi connectivity index (χ4n) is 2.42. The maximum absolute atomic E-state index is 10.6. The van der Waals surface area contributed by atoms with Gasteiger partial charge in [0.2, 0.25) is 0 Å². The Labute approximate surface area is 98.6 Å². The lowest BCUT2D eigenvalue weighted by molar-refractivity contribution is -0.138. The molecular weight excluding hydrogens is 202 g/mol. The first-order valence-corrected chi connectivity index (χ1v) is 6.67. The second-order valence-electron chi connectivity index (χ2n) is 4.97. The van der Waals surface area contributed by atoms with E-state index in [4.69, 9.17) is 5.11 Å². The Bertz CT molecular complexity index is 198. The van der Waals surface area contributed by atoms with Crippen LogP contribution in [0.5, 0.6) is 0 Å². The first-order valence-electron chi connectivity index (χ1n) is 6.67. The van der Waals surface area contributed by atoms with Gasteiger partial charge in [0.1, 0.15) is 0 Å². The number of carbonyl (C=O) groups is 1. The molecule has 1 saturated carbocycles. The predicted molar refractivity (Wildman–Crippen MR) is 65.5 cm³/mol. The first-order chi connectivity index (χ1) is 7.72. The fourth-order valence-corrected chi connectivity index (χ4v) is 2.42. The smallest absolute Gasteiger partial charge is 0.303 e. The molecule has 1 fully saturated rings. The molecule has 16 heavy (non-hydrogen) atoms. The van der Waals surface area contributed by atoms with Crippen LogP contribution in [-0.2, 0) is 4.79 Å². The van der Waals surface area contributed by atoms with Crippen molar-refractivity contribution in [1.82, 2.24) is 5.32 Å². The highest BCUT2D eigenvalue weighted by atomic mass is 16.4. The van der Waals surface area contributed by atoms with Crippen molar-refractivity contribution in [3.63, 3.8) is 0 Å². The Balaban J connectivity index is 2.22. The van der Waals surface area contributed by atoms with Gasteiger partial charge in [-0.05, 0) is 25.3 Å². The summed E-state index contributed by atoms with van der Waals surface area (Å²) in [6, 6.07) is 0.630. The lowest BCUT2D eigenvalue weighted by atomic mass is 10.0. The molecule has 0 aliphatic heterocycles. The van der Waals surface area contributed by atoms with Crippen LogP contribution < -0.4 is 5.32 Å². The van der Waals surface area contributed by atoms with Crippen LogP contribution in [0.3, 0.4) is 0 Å². The molecule has 1 rings (SSSR count). The topological polar surface area (TPSA) is 49.3 Å². The average molecular weight is 227 g/mol. The summed E-state index contributed by atoms with van der Waals surface area (Å²) < 4.78 is 0.